The lowest BCUT2D eigenvalue weighted by Gasteiger charge is -2.19. The van der Waals surface area contributed by atoms with Gasteiger partial charge in [-0.3, -0.25) is 4.98 Å². The first-order valence-corrected chi connectivity index (χ1v) is 7.05. The zero-order valence-electron chi connectivity index (χ0n) is 11.8. The first-order chi connectivity index (χ1) is 10.3. The van der Waals surface area contributed by atoms with Crippen molar-refractivity contribution in [3.8, 4) is 5.75 Å². The van der Waals surface area contributed by atoms with Crippen LogP contribution in [0.2, 0.25) is 0 Å². The molecule has 3 heteroatoms. The number of pyridine rings is 1. The van der Waals surface area contributed by atoms with Gasteiger partial charge in [0, 0.05) is 28.8 Å². The molecule has 2 aromatic carbocycles. The van der Waals surface area contributed by atoms with E-state index in [4.69, 9.17) is 4.74 Å². The van der Waals surface area contributed by atoms with E-state index in [1.165, 1.54) is 0 Å². The van der Waals surface area contributed by atoms with E-state index in [2.05, 4.69) is 17.1 Å². The van der Waals surface area contributed by atoms with Gasteiger partial charge in [0.2, 0.25) is 0 Å². The van der Waals surface area contributed by atoms with E-state index in [1.54, 1.807) is 13.3 Å². The third kappa shape index (κ3) is 1.77. The molecule has 0 saturated heterocycles. The number of aromatic nitrogens is 1. The zero-order chi connectivity index (χ0) is 14.4. The van der Waals surface area contributed by atoms with Gasteiger partial charge in [0.25, 0.3) is 0 Å². The van der Waals surface area contributed by atoms with E-state index in [9.17, 15) is 5.11 Å². The molecule has 3 nitrogen and oxygen atoms in total. The van der Waals surface area contributed by atoms with E-state index in [-0.39, 0.29) is 0 Å². The van der Waals surface area contributed by atoms with Gasteiger partial charge in [-0.1, -0.05) is 18.2 Å². The molecule has 1 N–H and O–H groups in total. The summed E-state index contributed by atoms with van der Waals surface area (Å²) in [6.45, 7) is 0. The van der Waals surface area contributed by atoms with Crippen LogP contribution >= 0.6 is 0 Å². The summed E-state index contributed by atoms with van der Waals surface area (Å²) in [6, 6.07) is 9.89. The van der Waals surface area contributed by atoms with Gasteiger partial charge in [0.15, 0.2) is 0 Å². The molecular formula is C18H15NO2. The predicted molar refractivity (Wildman–Crippen MR) is 84.2 cm³/mol. The van der Waals surface area contributed by atoms with Crippen molar-refractivity contribution in [3.05, 3.63) is 53.4 Å². The number of aromatic hydroxyl groups is 1. The highest BCUT2D eigenvalue weighted by Gasteiger charge is 2.18. The molecule has 0 spiro atoms. The zero-order valence-corrected chi connectivity index (χ0v) is 11.8. The number of hydrogen-bond acceptors (Lipinski definition) is 3. The first kappa shape index (κ1) is 12.2. The molecule has 4 rings (SSSR count). The van der Waals surface area contributed by atoms with Crippen LogP contribution in [-0.4, -0.2) is 17.2 Å². The van der Waals surface area contributed by atoms with Gasteiger partial charge in [0.1, 0.15) is 5.75 Å². The number of para-hydroxylation sites is 1. The van der Waals surface area contributed by atoms with Crippen molar-refractivity contribution in [3.63, 3.8) is 0 Å². The molecule has 3 aromatic rings. The van der Waals surface area contributed by atoms with Gasteiger partial charge in [-0.05, 0) is 35.8 Å². The molecular weight excluding hydrogens is 262 g/mol. The van der Waals surface area contributed by atoms with Gasteiger partial charge < -0.3 is 9.84 Å². The van der Waals surface area contributed by atoms with Crippen molar-refractivity contribution < 1.29 is 9.84 Å². The second-order valence-corrected chi connectivity index (χ2v) is 5.35. The Morgan fingerprint density at radius 2 is 2.00 bits per heavy atom. The number of phenolic OH excluding ortho intramolecular Hbond substituents is 1. The third-order valence-corrected chi connectivity index (χ3v) is 4.19. The van der Waals surface area contributed by atoms with E-state index in [0.29, 0.717) is 5.75 Å². The quantitative estimate of drug-likeness (QED) is 0.683. The minimum atomic E-state index is 0.302. The number of nitrogens with zero attached hydrogens (tertiary/aromatic N) is 1. The predicted octanol–water partition coefficient (Wildman–Crippen LogP) is 4.03. The Kier molecular flexibility index (Phi) is 2.61. The lowest BCUT2D eigenvalue weighted by atomic mass is 9.89. The van der Waals surface area contributed by atoms with Gasteiger partial charge in [-0.2, -0.15) is 0 Å². The lowest BCUT2D eigenvalue weighted by Crippen LogP contribution is -2.02. The molecule has 1 aromatic heterocycles. The van der Waals surface area contributed by atoms with Crippen molar-refractivity contribution in [2.45, 2.75) is 12.8 Å². The van der Waals surface area contributed by atoms with Crippen LogP contribution in [0, 0.1) is 0 Å². The maximum absolute atomic E-state index is 10.3. The maximum Gasteiger partial charge on any atom is 0.125 e. The summed E-state index contributed by atoms with van der Waals surface area (Å²) in [5, 5.41) is 13.2. The highest BCUT2D eigenvalue weighted by atomic mass is 16.5. The Balaban J connectivity index is 2.21. The molecule has 21 heavy (non-hydrogen) atoms. The van der Waals surface area contributed by atoms with Crippen LogP contribution in [-0.2, 0) is 11.2 Å². The molecule has 0 radical (unpaired) electrons. The Morgan fingerprint density at radius 3 is 2.86 bits per heavy atom. The number of benzene rings is 2. The standard InChI is InChI=1S/C18H15NO2/c1-21-12-7-6-11-8-17(20)15-10-19-16-5-3-2-4-13(16)18(15)14(11)9-12/h2-5,8-10,20H,6-7H2,1H3. The van der Waals surface area contributed by atoms with Gasteiger partial charge >= 0.3 is 0 Å². The monoisotopic (exact) mass is 277 g/mol. The van der Waals surface area contributed by atoms with Gasteiger partial charge in [-0.15, -0.1) is 0 Å². The van der Waals surface area contributed by atoms with Crippen molar-refractivity contribution in [2.24, 2.45) is 0 Å². The van der Waals surface area contributed by atoms with Gasteiger partial charge in [0.05, 0.1) is 18.4 Å². The Hall–Kier alpha value is -2.55. The summed E-state index contributed by atoms with van der Waals surface area (Å²) in [6.07, 6.45) is 5.60. The highest BCUT2D eigenvalue weighted by Crippen LogP contribution is 2.38. The molecule has 0 amide bonds. The Bertz CT molecular complexity index is 896. The second kappa shape index (κ2) is 4.48. The first-order valence-electron chi connectivity index (χ1n) is 7.05. The fraction of sp³-hybridized carbons (Fsp3) is 0.167. The molecule has 1 aliphatic carbocycles. The fourth-order valence-corrected chi connectivity index (χ4v) is 3.13. The molecule has 0 fully saturated rings. The molecule has 104 valence electrons. The van der Waals surface area contributed by atoms with Crippen LogP contribution in [0.25, 0.3) is 27.8 Å². The third-order valence-electron chi connectivity index (χ3n) is 4.19. The van der Waals surface area contributed by atoms with Crippen LogP contribution < -0.4 is 0 Å². The molecule has 0 bridgehead atoms. The minimum absolute atomic E-state index is 0.302. The van der Waals surface area contributed by atoms with Gasteiger partial charge in [-0.25, -0.2) is 0 Å². The summed E-state index contributed by atoms with van der Waals surface area (Å²) < 4.78 is 5.42. The largest absolute Gasteiger partial charge is 0.507 e. The van der Waals surface area contributed by atoms with Crippen molar-refractivity contribution in [1.29, 1.82) is 0 Å². The summed E-state index contributed by atoms with van der Waals surface area (Å²) >= 11 is 0. The summed E-state index contributed by atoms with van der Waals surface area (Å²) in [5.41, 5.74) is 3.25. The number of fused-ring (bicyclic) bond motifs is 5. The van der Waals surface area contributed by atoms with Crippen LogP contribution in [0.1, 0.15) is 17.5 Å². The second-order valence-electron chi connectivity index (χ2n) is 5.35. The number of hydrogen-bond donors (Lipinski definition) is 1. The summed E-state index contributed by atoms with van der Waals surface area (Å²) in [4.78, 5) is 4.45. The number of rotatable bonds is 1. The molecule has 1 aliphatic rings. The summed E-state index contributed by atoms with van der Waals surface area (Å²) in [5.74, 6) is 1.28. The average Bonchev–Trinajstić information content (AvgIpc) is 2.54. The molecule has 0 saturated carbocycles. The smallest absolute Gasteiger partial charge is 0.125 e. The Morgan fingerprint density at radius 1 is 1.14 bits per heavy atom. The Labute approximate surface area is 122 Å². The van der Waals surface area contributed by atoms with Crippen LogP contribution in [0.3, 0.4) is 0 Å². The SMILES string of the molecule is COC1=Cc2c(cc(O)c3cnc4ccccc4c23)CC1. The molecule has 0 unspecified atom stereocenters. The number of aryl methyl sites for hydroxylation is 1. The van der Waals surface area contributed by atoms with E-state index in [0.717, 1.165) is 51.4 Å². The number of ether oxygens (including phenoxy) is 1. The summed E-state index contributed by atoms with van der Waals surface area (Å²) in [7, 11) is 1.71. The van der Waals surface area contributed by atoms with Crippen LogP contribution in [0.5, 0.6) is 5.75 Å². The molecule has 0 atom stereocenters. The fourth-order valence-electron chi connectivity index (χ4n) is 3.13. The van der Waals surface area contributed by atoms with Crippen molar-refractivity contribution >= 4 is 27.8 Å². The van der Waals surface area contributed by atoms with Crippen LogP contribution in [0.4, 0.5) is 0 Å². The van der Waals surface area contributed by atoms with Crippen LogP contribution in [0.15, 0.2) is 42.3 Å². The maximum atomic E-state index is 10.3. The van der Waals surface area contributed by atoms with E-state index in [1.807, 2.05) is 24.3 Å². The lowest BCUT2D eigenvalue weighted by molar-refractivity contribution is 0.280. The molecule has 0 aliphatic heterocycles. The number of phenols is 1. The minimum Gasteiger partial charge on any atom is -0.507 e. The average molecular weight is 277 g/mol. The van der Waals surface area contributed by atoms with E-state index >= 15 is 0 Å². The number of allylic oxidation sites excluding steroid dienone is 1. The van der Waals surface area contributed by atoms with Crippen molar-refractivity contribution in [1.82, 2.24) is 4.98 Å². The van der Waals surface area contributed by atoms with E-state index < -0.39 is 0 Å². The van der Waals surface area contributed by atoms with Crippen molar-refractivity contribution in [2.75, 3.05) is 7.11 Å². The molecule has 1 heterocycles. The highest BCUT2D eigenvalue weighted by molar-refractivity contribution is 6.12. The topological polar surface area (TPSA) is 42.4 Å². The number of methoxy groups -OCH3 is 1. The normalized spacial score (nSPS) is 14.0.